The van der Waals surface area contributed by atoms with Gasteiger partial charge in [-0.1, -0.05) is 12.1 Å². The average Bonchev–Trinajstić information content (AvgIpc) is 2.61. The van der Waals surface area contributed by atoms with Crippen LogP contribution in [0.4, 0.5) is 17.1 Å². The molecule has 3 amide bonds. The molecule has 0 heterocycles. The Morgan fingerprint density at radius 2 is 1.67 bits per heavy atom. The Bertz CT molecular complexity index is 902. The smallest absolute Gasteiger partial charge is 0.226 e. The highest BCUT2D eigenvalue weighted by Crippen LogP contribution is 2.20. The maximum Gasteiger partial charge on any atom is 0.226 e. The number of carbonyl (C=O) groups excluding carboxylic acids is 3. The molecular formula is C20H20N4O3. The minimum atomic E-state index is -0.269. The van der Waals surface area contributed by atoms with Gasteiger partial charge in [0.1, 0.15) is 0 Å². The molecule has 7 heteroatoms. The van der Waals surface area contributed by atoms with Gasteiger partial charge in [0, 0.05) is 43.9 Å². The molecule has 2 N–H and O–H groups in total. The van der Waals surface area contributed by atoms with Gasteiger partial charge in [-0.25, -0.2) is 0 Å². The zero-order chi connectivity index (χ0) is 19.8. The Hall–Kier alpha value is -3.66. The van der Waals surface area contributed by atoms with E-state index in [1.165, 1.54) is 18.7 Å². The molecule has 0 spiro atoms. The van der Waals surface area contributed by atoms with Crippen molar-refractivity contribution in [1.29, 1.82) is 5.26 Å². The SMILES string of the molecule is CC(=O)Nc1cccc(N(CCC(=O)Nc2cccc(C#N)c2)C(C)=O)c1. The molecule has 0 saturated heterocycles. The summed E-state index contributed by atoms with van der Waals surface area (Å²) in [5.74, 6) is -0.691. The van der Waals surface area contributed by atoms with E-state index in [4.69, 9.17) is 5.26 Å². The highest BCUT2D eigenvalue weighted by atomic mass is 16.2. The topological polar surface area (TPSA) is 102 Å². The molecule has 2 aromatic carbocycles. The van der Waals surface area contributed by atoms with E-state index in [0.29, 0.717) is 22.6 Å². The first-order chi connectivity index (χ1) is 12.9. The largest absolute Gasteiger partial charge is 0.326 e. The van der Waals surface area contributed by atoms with Crippen LogP contribution in [-0.4, -0.2) is 24.3 Å². The molecule has 0 aliphatic heterocycles. The van der Waals surface area contributed by atoms with Gasteiger partial charge in [0.15, 0.2) is 0 Å². The maximum absolute atomic E-state index is 12.2. The summed E-state index contributed by atoms with van der Waals surface area (Å²) >= 11 is 0. The molecule has 138 valence electrons. The number of benzene rings is 2. The second-order valence-electron chi connectivity index (χ2n) is 5.89. The van der Waals surface area contributed by atoms with E-state index in [0.717, 1.165) is 0 Å². The quantitative estimate of drug-likeness (QED) is 0.822. The van der Waals surface area contributed by atoms with Gasteiger partial charge in [-0.2, -0.15) is 5.26 Å². The van der Waals surface area contributed by atoms with Gasteiger partial charge in [0.25, 0.3) is 0 Å². The summed E-state index contributed by atoms with van der Waals surface area (Å²) in [7, 11) is 0. The van der Waals surface area contributed by atoms with Gasteiger partial charge in [-0.3, -0.25) is 14.4 Å². The second-order valence-corrected chi connectivity index (χ2v) is 5.89. The monoisotopic (exact) mass is 364 g/mol. The van der Waals surface area contributed by atoms with Crippen LogP contribution in [0.5, 0.6) is 0 Å². The van der Waals surface area contributed by atoms with Crippen molar-refractivity contribution in [2.24, 2.45) is 0 Å². The molecule has 2 rings (SSSR count). The molecular weight excluding hydrogens is 344 g/mol. The zero-order valence-corrected chi connectivity index (χ0v) is 15.2. The number of nitrogens with zero attached hydrogens (tertiary/aromatic N) is 2. The van der Waals surface area contributed by atoms with E-state index in [1.54, 1.807) is 48.5 Å². The van der Waals surface area contributed by atoms with Crippen molar-refractivity contribution in [1.82, 2.24) is 0 Å². The summed E-state index contributed by atoms with van der Waals surface area (Å²) in [6.45, 7) is 3.00. The maximum atomic E-state index is 12.2. The van der Waals surface area contributed by atoms with Gasteiger partial charge in [0.05, 0.1) is 11.6 Å². The highest BCUT2D eigenvalue weighted by Gasteiger charge is 2.14. The van der Waals surface area contributed by atoms with Gasteiger partial charge in [-0.05, 0) is 36.4 Å². The summed E-state index contributed by atoms with van der Waals surface area (Å²) in [6.07, 6.45) is 0.0841. The minimum Gasteiger partial charge on any atom is -0.326 e. The molecule has 0 saturated carbocycles. The van der Waals surface area contributed by atoms with Crippen LogP contribution in [0.1, 0.15) is 25.8 Å². The molecule has 0 aromatic heterocycles. The van der Waals surface area contributed by atoms with Crippen LogP contribution in [0.25, 0.3) is 0 Å². The molecule has 0 fully saturated rings. The lowest BCUT2D eigenvalue weighted by atomic mass is 10.2. The molecule has 0 unspecified atom stereocenters. The van der Waals surface area contributed by atoms with Gasteiger partial charge < -0.3 is 15.5 Å². The lowest BCUT2D eigenvalue weighted by Gasteiger charge is -2.21. The van der Waals surface area contributed by atoms with E-state index < -0.39 is 0 Å². The number of nitrogens with one attached hydrogen (secondary N) is 2. The van der Waals surface area contributed by atoms with Crippen LogP contribution in [0, 0.1) is 11.3 Å². The Morgan fingerprint density at radius 3 is 2.30 bits per heavy atom. The molecule has 0 atom stereocenters. The summed E-state index contributed by atoms with van der Waals surface area (Å²) in [5, 5.41) is 14.3. The fraction of sp³-hybridized carbons (Fsp3) is 0.200. The Morgan fingerprint density at radius 1 is 1.00 bits per heavy atom. The van der Waals surface area contributed by atoms with Crippen LogP contribution in [0.3, 0.4) is 0 Å². The van der Waals surface area contributed by atoms with E-state index >= 15 is 0 Å². The number of rotatable bonds is 6. The second kappa shape index (κ2) is 9.15. The van der Waals surface area contributed by atoms with Crippen LogP contribution in [0.15, 0.2) is 48.5 Å². The standard InChI is InChI=1S/C20H20N4O3/c1-14(25)22-18-7-4-8-19(12-18)24(15(2)26)10-9-20(27)23-17-6-3-5-16(11-17)13-21/h3-8,11-12H,9-10H2,1-2H3,(H,22,25)(H,23,27). The number of anilines is 3. The summed E-state index contributed by atoms with van der Waals surface area (Å²) < 4.78 is 0. The summed E-state index contributed by atoms with van der Waals surface area (Å²) in [5.41, 5.74) is 2.14. The van der Waals surface area contributed by atoms with Crippen molar-refractivity contribution in [3.63, 3.8) is 0 Å². The number of carbonyl (C=O) groups is 3. The van der Waals surface area contributed by atoms with E-state index in [-0.39, 0.29) is 30.7 Å². The number of amides is 3. The summed E-state index contributed by atoms with van der Waals surface area (Å²) in [4.78, 5) is 36.9. The lowest BCUT2D eigenvalue weighted by molar-refractivity contribution is -0.117. The number of hydrogen-bond acceptors (Lipinski definition) is 4. The van der Waals surface area contributed by atoms with E-state index in [1.807, 2.05) is 6.07 Å². The van der Waals surface area contributed by atoms with E-state index in [9.17, 15) is 14.4 Å². The predicted octanol–water partition coefficient (Wildman–Crippen LogP) is 2.90. The van der Waals surface area contributed by atoms with Crippen molar-refractivity contribution in [2.45, 2.75) is 20.3 Å². The van der Waals surface area contributed by atoms with Crippen LogP contribution < -0.4 is 15.5 Å². The number of hydrogen-bond donors (Lipinski definition) is 2. The molecule has 0 aliphatic carbocycles. The Balaban J connectivity index is 2.04. The lowest BCUT2D eigenvalue weighted by Crippen LogP contribution is -2.32. The first-order valence-corrected chi connectivity index (χ1v) is 8.35. The van der Waals surface area contributed by atoms with Gasteiger partial charge >= 0.3 is 0 Å². The molecule has 0 radical (unpaired) electrons. The third-order valence-corrected chi connectivity index (χ3v) is 3.70. The molecule has 7 nitrogen and oxygen atoms in total. The zero-order valence-electron chi connectivity index (χ0n) is 15.2. The highest BCUT2D eigenvalue weighted by molar-refractivity contribution is 5.96. The van der Waals surface area contributed by atoms with Gasteiger partial charge in [0.2, 0.25) is 17.7 Å². The first kappa shape index (κ1) is 19.7. The fourth-order valence-corrected chi connectivity index (χ4v) is 2.53. The van der Waals surface area contributed by atoms with Crippen LogP contribution >= 0.6 is 0 Å². The van der Waals surface area contributed by atoms with Crippen molar-refractivity contribution < 1.29 is 14.4 Å². The van der Waals surface area contributed by atoms with Crippen LogP contribution in [-0.2, 0) is 14.4 Å². The third kappa shape index (κ3) is 5.97. The van der Waals surface area contributed by atoms with Crippen molar-refractivity contribution >= 4 is 34.8 Å². The normalized spacial score (nSPS) is 9.81. The molecule has 0 bridgehead atoms. The first-order valence-electron chi connectivity index (χ1n) is 8.35. The van der Waals surface area contributed by atoms with Crippen LogP contribution in [0.2, 0.25) is 0 Å². The Kier molecular flexibility index (Phi) is 6.67. The molecule has 0 aliphatic rings. The van der Waals surface area contributed by atoms with E-state index in [2.05, 4.69) is 10.6 Å². The molecule has 27 heavy (non-hydrogen) atoms. The average molecular weight is 364 g/mol. The van der Waals surface area contributed by atoms with Crippen molar-refractivity contribution in [3.05, 3.63) is 54.1 Å². The van der Waals surface area contributed by atoms with Crippen molar-refractivity contribution in [3.8, 4) is 6.07 Å². The molecule has 2 aromatic rings. The Labute approximate surface area is 157 Å². The van der Waals surface area contributed by atoms with Gasteiger partial charge in [-0.15, -0.1) is 0 Å². The predicted molar refractivity (Wildman–Crippen MR) is 103 cm³/mol. The fourth-order valence-electron chi connectivity index (χ4n) is 2.53. The summed E-state index contributed by atoms with van der Waals surface area (Å²) in [6, 6.07) is 15.5. The van der Waals surface area contributed by atoms with Crippen molar-refractivity contribution in [2.75, 3.05) is 22.1 Å². The minimum absolute atomic E-state index is 0.0841. The number of nitriles is 1. The third-order valence-electron chi connectivity index (χ3n) is 3.70.